The van der Waals surface area contributed by atoms with E-state index in [0.717, 1.165) is 25.6 Å². The Balaban J connectivity index is 1.36. The van der Waals surface area contributed by atoms with Crippen LogP contribution in [0.4, 0.5) is 25.3 Å². The molecule has 2 fully saturated rings. The zero-order valence-corrected chi connectivity index (χ0v) is 25.5. The number of nitriles is 1. The van der Waals surface area contributed by atoms with Gasteiger partial charge in [-0.15, -0.1) is 0 Å². The van der Waals surface area contributed by atoms with Crippen LogP contribution in [0.5, 0.6) is 0 Å². The van der Waals surface area contributed by atoms with Crippen LogP contribution in [-0.4, -0.2) is 62.9 Å². The van der Waals surface area contributed by atoms with Crippen molar-refractivity contribution in [3.05, 3.63) is 64.7 Å². The van der Waals surface area contributed by atoms with Gasteiger partial charge in [-0.05, 0) is 62.2 Å². The second kappa shape index (κ2) is 11.7. The maximum Gasteiger partial charge on any atom is 0.322 e. The minimum atomic E-state index is -3.88. The fourth-order valence-electron chi connectivity index (χ4n) is 5.25. The Kier molecular flexibility index (Phi) is 7.95. The van der Waals surface area contributed by atoms with Crippen LogP contribution in [0.15, 0.2) is 42.5 Å². The highest BCUT2D eigenvalue weighted by molar-refractivity contribution is 7.90. The van der Waals surface area contributed by atoms with Gasteiger partial charge in [-0.25, -0.2) is 31.9 Å². The van der Waals surface area contributed by atoms with Crippen LogP contribution in [0.1, 0.15) is 36.3 Å². The van der Waals surface area contributed by atoms with Gasteiger partial charge in [-0.3, -0.25) is 4.79 Å². The Morgan fingerprint density at radius 1 is 1.18 bits per heavy atom. The summed E-state index contributed by atoms with van der Waals surface area (Å²) in [4.78, 5) is 25.0. The number of carbonyl (C=O) groups is 1. The van der Waals surface area contributed by atoms with E-state index in [1.165, 1.54) is 29.5 Å². The molecule has 14 heteroatoms. The first-order valence-corrected chi connectivity index (χ1v) is 16.5. The predicted octanol–water partition coefficient (Wildman–Crippen LogP) is 4.82. The maximum atomic E-state index is 15.8. The molecule has 0 atom stereocenters. The van der Waals surface area contributed by atoms with E-state index in [9.17, 15) is 22.9 Å². The van der Waals surface area contributed by atoms with E-state index in [-0.39, 0.29) is 24.5 Å². The summed E-state index contributed by atoms with van der Waals surface area (Å²) in [5.41, 5.74) is 3.32. The van der Waals surface area contributed by atoms with Gasteiger partial charge in [0, 0.05) is 47.9 Å². The van der Waals surface area contributed by atoms with Crippen LogP contribution in [0.25, 0.3) is 22.2 Å². The van der Waals surface area contributed by atoms with Crippen molar-refractivity contribution >= 4 is 54.7 Å². The molecule has 0 spiro atoms. The van der Waals surface area contributed by atoms with Gasteiger partial charge in [0.1, 0.15) is 28.0 Å². The summed E-state index contributed by atoms with van der Waals surface area (Å²) in [6.45, 7) is 2.97. The van der Waals surface area contributed by atoms with Crippen molar-refractivity contribution in [3.8, 4) is 17.3 Å². The molecule has 1 saturated heterocycles. The van der Waals surface area contributed by atoms with Crippen LogP contribution in [0.3, 0.4) is 0 Å². The fraction of sp³-hybridized carbons (Fsp3) is 0.333. The quantitative estimate of drug-likeness (QED) is 0.243. The topological polar surface area (TPSA) is 129 Å². The summed E-state index contributed by atoms with van der Waals surface area (Å²) < 4.78 is 60.8. The molecular weight excluding hydrogens is 610 g/mol. The SMILES string of the molecule is CCN(c1nc(-c2ccc(F)cc2)c(C#N)s1)c1cc(C2CC2)nc2c(F)cc(N3CC(NS(=O)(=O)CC(=O)OC)C3)cc12. The summed E-state index contributed by atoms with van der Waals surface area (Å²) in [6, 6.07) is 12.7. The zero-order valence-electron chi connectivity index (χ0n) is 23.9. The van der Waals surface area contributed by atoms with E-state index in [0.29, 0.717) is 44.6 Å². The summed E-state index contributed by atoms with van der Waals surface area (Å²) in [5, 5.41) is 11.0. The van der Waals surface area contributed by atoms with Gasteiger partial charge >= 0.3 is 5.97 Å². The first-order chi connectivity index (χ1) is 21.1. The largest absolute Gasteiger partial charge is 0.468 e. The first kappa shape index (κ1) is 29.9. The lowest BCUT2D eigenvalue weighted by atomic mass is 10.0. The maximum absolute atomic E-state index is 15.8. The van der Waals surface area contributed by atoms with Crippen molar-refractivity contribution in [2.24, 2.45) is 0 Å². The number of nitrogens with one attached hydrogen (secondary N) is 1. The number of halogens is 2. The lowest BCUT2D eigenvalue weighted by Gasteiger charge is -2.41. The van der Waals surface area contributed by atoms with E-state index in [4.69, 9.17) is 4.98 Å². The molecule has 2 aliphatic rings. The molecule has 6 rings (SSSR count). The number of fused-ring (bicyclic) bond motifs is 1. The van der Waals surface area contributed by atoms with Gasteiger partial charge in [-0.2, -0.15) is 5.26 Å². The highest BCUT2D eigenvalue weighted by Crippen LogP contribution is 2.45. The first-order valence-electron chi connectivity index (χ1n) is 14.0. The van der Waals surface area contributed by atoms with E-state index in [2.05, 4.69) is 20.5 Å². The standard InChI is InChI=1S/C30H28F2N6O4S2/c1-3-38(30-35-28(26(13-33)43-30)18-6-8-19(31)9-7-18)25-12-24(17-4-5-17)34-29-22(25)10-21(11-23(29)32)37-14-20(15-37)36-44(40,41)16-27(39)42-2/h6-12,17,20,36H,3-5,14-16H2,1-2H3. The van der Waals surface area contributed by atoms with Gasteiger partial charge in [0.25, 0.3) is 0 Å². The van der Waals surface area contributed by atoms with E-state index < -0.39 is 39.4 Å². The molecule has 0 amide bonds. The normalized spacial score (nSPS) is 15.2. The Morgan fingerprint density at radius 2 is 1.91 bits per heavy atom. The van der Waals surface area contributed by atoms with Gasteiger partial charge in [-0.1, -0.05) is 11.3 Å². The number of methoxy groups -OCH3 is 1. The van der Waals surface area contributed by atoms with E-state index >= 15 is 4.39 Å². The number of pyridine rings is 1. The molecule has 2 aromatic carbocycles. The number of esters is 1. The second-order valence-corrected chi connectivity index (χ2v) is 13.5. The molecule has 2 aromatic heterocycles. The van der Waals surface area contributed by atoms with Crippen LogP contribution in [0.2, 0.25) is 0 Å². The third kappa shape index (κ3) is 5.95. The molecular formula is C30H28F2N6O4S2. The highest BCUT2D eigenvalue weighted by Gasteiger charge is 2.33. The van der Waals surface area contributed by atoms with E-state index in [1.807, 2.05) is 28.9 Å². The average molecular weight is 639 g/mol. The number of aromatic nitrogens is 2. The number of sulfonamides is 1. The molecule has 1 N–H and O–H groups in total. The Morgan fingerprint density at radius 3 is 2.55 bits per heavy atom. The summed E-state index contributed by atoms with van der Waals surface area (Å²) in [7, 11) is -2.76. The predicted molar refractivity (Wildman–Crippen MR) is 164 cm³/mol. The molecule has 1 saturated carbocycles. The minimum Gasteiger partial charge on any atom is -0.468 e. The third-order valence-electron chi connectivity index (χ3n) is 7.65. The Labute approximate surface area is 257 Å². The number of hydrogen-bond donors (Lipinski definition) is 1. The molecule has 4 aromatic rings. The number of carbonyl (C=O) groups excluding carboxylic acids is 1. The molecule has 10 nitrogen and oxygen atoms in total. The fourth-order valence-corrected chi connectivity index (χ4v) is 7.38. The molecule has 1 aliphatic carbocycles. The average Bonchev–Trinajstić information content (AvgIpc) is 3.74. The van der Waals surface area contributed by atoms with Crippen molar-refractivity contribution in [2.45, 2.75) is 31.7 Å². The molecule has 44 heavy (non-hydrogen) atoms. The van der Waals surface area contributed by atoms with Crippen molar-refractivity contribution in [3.63, 3.8) is 0 Å². The molecule has 228 valence electrons. The van der Waals surface area contributed by atoms with Crippen LogP contribution in [0, 0.1) is 23.0 Å². The third-order valence-corrected chi connectivity index (χ3v) is 9.94. The lowest BCUT2D eigenvalue weighted by molar-refractivity contribution is -0.137. The Hall–Kier alpha value is -4.19. The number of hydrogen-bond acceptors (Lipinski definition) is 10. The number of nitrogens with zero attached hydrogens (tertiary/aromatic N) is 5. The molecule has 1 aliphatic heterocycles. The monoisotopic (exact) mass is 638 g/mol. The highest BCUT2D eigenvalue weighted by atomic mass is 32.2. The Bertz CT molecular complexity index is 1900. The van der Waals surface area contributed by atoms with Crippen LogP contribution >= 0.6 is 11.3 Å². The van der Waals surface area contributed by atoms with Gasteiger partial charge in [0.15, 0.2) is 16.7 Å². The van der Waals surface area contributed by atoms with Gasteiger partial charge in [0.05, 0.1) is 18.8 Å². The molecule has 3 heterocycles. The zero-order chi connectivity index (χ0) is 31.2. The summed E-state index contributed by atoms with van der Waals surface area (Å²) >= 11 is 1.20. The molecule has 0 bridgehead atoms. The molecule has 0 radical (unpaired) electrons. The second-order valence-electron chi connectivity index (χ2n) is 10.8. The van der Waals surface area contributed by atoms with E-state index in [1.54, 1.807) is 12.1 Å². The number of benzene rings is 2. The van der Waals surface area contributed by atoms with Gasteiger partial charge in [0.2, 0.25) is 10.0 Å². The minimum absolute atomic E-state index is 0.221. The lowest BCUT2D eigenvalue weighted by Crippen LogP contribution is -2.60. The van der Waals surface area contributed by atoms with Crippen molar-refractivity contribution < 1.29 is 26.7 Å². The van der Waals surface area contributed by atoms with Crippen LogP contribution < -0.4 is 14.5 Å². The number of anilines is 3. The van der Waals surface area contributed by atoms with Crippen LogP contribution in [-0.2, 0) is 19.6 Å². The summed E-state index contributed by atoms with van der Waals surface area (Å²) in [6.07, 6.45) is 1.94. The molecule has 0 unspecified atom stereocenters. The van der Waals surface area contributed by atoms with Crippen molar-refractivity contribution in [1.82, 2.24) is 14.7 Å². The van der Waals surface area contributed by atoms with Crippen molar-refractivity contribution in [2.75, 3.05) is 42.3 Å². The van der Waals surface area contributed by atoms with Crippen molar-refractivity contribution in [1.29, 1.82) is 5.26 Å². The van der Waals surface area contributed by atoms with Gasteiger partial charge < -0.3 is 14.5 Å². The smallest absolute Gasteiger partial charge is 0.322 e. The number of ether oxygens (including phenoxy) is 1. The summed E-state index contributed by atoms with van der Waals surface area (Å²) in [5.74, 6) is -2.29. The number of thiazole rings is 1. The number of rotatable bonds is 10.